The third kappa shape index (κ3) is 4.56. The van der Waals surface area contributed by atoms with Gasteiger partial charge in [0.25, 0.3) is 0 Å². The van der Waals surface area contributed by atoms with Crippen LogP contribution in [0.3, 0.4) is 0 Å². The monoisotopic (exact) mass is 409 g/mol. The fraction of sp³-hybridized carbons (Fsp3) is 0. The van der Waals surface area contributed by atoms with Crippen LogP contribution in [0, 0.1) is 5.40 Å². The molecule has 0 atom stereocenters. The van der Waals surface area contributed by atoms with Crippen LogP contribution in [0.5, 0.6) is 0 Å². The molecule has 0 heterocycles. The van der Waals surface area contributed by atoms with Crippen molar-refractivity contribution in [3.63, 3.8) is 0 Å². The predicted molar refractivity (Wildman–Crippen MR) is 132 cm³/mol. The van der Waals surface area contributed by atoms with Crippen molar-refractivity contribution < 1.29 is 0 Å². The summed E-state index contributed by atoms with van der Waals surface area (Å²) >= 11 is 0. The summed E-state index contributed by atoms with van der Waals surface area (Å²) in [5, 5.41) is 6.88. The second-order valence-corrected chi connectivity index (χ2v) is 11.3. The Balaban J connectivity index is 1.89. The summed E-state index contributed by atoms with van der Waals surface area (Å²) in [7, 11) is -1.35. The van der Waals surface area contributed by atoms with E-state index in [0.29, 0.717) is 0 Å². The Labute approximate surface area is 176 Å². The number of hydrogen-bond acceptors (Lipinski definition) is 0. The molecular formula is C27H23P2. The van der Waals surface area contributed by atoms with Gasteiger partial charge in [0.1, 0.15) is 0 Å². The van der Waals surface area contributed by atoms with Gasteiger partial charge in [-0.1, -0.05) is 127 Å². The van der Waals surface area contributed by atoms with Crippen LogP contribution in [0.25, 0.3) is 0 Å². The standard InChI is InChI=1S/C27H23P2/c1-2-27(28(23-15-7-3-8-16-23)24-17-9-4-10-18-24)29(25-19-11-5-12-20-25)26-21-13-6-14-22-26/h2-22H,1H2. The lowest BCUT2D eigenvalue weighted by Crippen LogP contribution is -2.21. The van der Waals surface area contributed by atoms with Crippen LogP contribution < -0.4 is 21.2 Å². The second-order valence-electron chi connectivity index (χ2n) is 6.58. The fourth-order valence-corrected chi connectivity index (χ4v) is 9.50. The van der Waals surface area contributed by atoms with Crippen molar-refractivity contribution in [1.29, 1.82) is 0 Å². The first-order valence-corrected chi connectivity index (χ1v) is 12.4. The Kier molecular flexibility index (Phi) is 6.68. The van der Waals surface area contributed by atoms with Crippen LogP contribution in [-0.2, 0) is 0 Å². The molecule has 141 valence electrons. The van der Waals surface area contributed by atoms with Gasteiger partial charge in [0.05, 0.1) is 5.40 Å². The molecule has 0 aliphatic carbocycles. The fourth-order valence-electron chi connectivity index (χ4n) is 3.42. The quantitative estimate of drug-likeness (QED) is 0.332. The molecule has 1 radical (unpaired) electrons. The number of benzene rings is 4. The molecule has 0 fully saturated rings. The third-order valence-electron chi connectivity index (χ3n) is 4.70. The lowest BCUT2D eigenvalue weighted by atomic mass is 10.4. The van der Waals surface area contributed by atoms with E-state index < -0.39 is 15.8 Å². The van der Waals surface area contributed by atoms with E-state index in [0.717, 1.165) is 0 Å². The zero-order valence-corrected chi connectivity index (χ0v) is 18.0. The molecule has 0 spiro atoms. The molecule has 4 rings (SSSR count). The minimum Gasteiger partial charge on any atom is -0.102 e. The van der Waals surface area contributed by atoms with Gasteiger partial charge in [-0.15, -0.1) is 6.58 Å². The molecule has 0 saturated carbocycles. The molecule has 29 heavy (non-hydrogen) atoms. The van der Waals surface area contributed by atoms with Crippen LogP contribution in [-0.4, -0.2) is 0 Å². The normalized spacial score (nSPS) is 11.1. The van der Waals surface area contributed by atoms with Crippen molar-refractivity contribution in [3.05, 3.63) is 139 Å². The average molecular weight is 409 g/mol. The van der Waals surface area contributed by atoms with Crippen LogP contribution in [0.2, 0.25) is 0 Å². The molecule has 0 saturated heterocycles. The van der Waals surface area contributed by atoms with Gasteiger partial charge in [-0.2, -0.15) is 0 Å². The highest BCUT2D eigenvalue weighted by Crippen LogP contribution is 2.62. The van der Waals surface area contributed by atoms with Crippen molar-refractivity contribution in [1.82, 2.24) is 0 Å². The lowest BCUT2D eigenvalue weighted by molar-refractivity contribution is 1.72. The Hall–Kier alpha value is -2.52. The maximum absolute atomic E-state index is 4.30. The Morgan fingerprint density at radius 2 is 0.690 bits per heavy atom. The summed E-state index contributed by atoms with van der Waals surface area (Å²) in [6, 6.07) is 43.5. The third-order valence-corrected chi connectivity index (χ3v) is 10.4. The molecule has 0 N–H and O–H groups in total. The van der Waals surface area contributed by atoms with Gasteiger partial charge in [-0.05, 0) is 37.1 Å². The van der Waals surface area contributed by atoms with Crippen molar-refractivity contribution in [2.45, 2.75) is 0 Å². The molecule has 0 amide bonds. The van der Waals surface area contributed by atoms with Crippen molar-refractivity contribution in [2.24, 2.45) is 0 Å². The molecule has 0 aliphatic heterocycles. The zero-order chi connectivity index (χ0) is 19.9. The summed E-state index contributed by atoms with van der Waals surface area (Å²) in [6.07, 6.45) is 2.12. The highest BCUT2D eigenvalue weighted by molar-refractivity contribution is 7.93. The van der Waals surface area contributed by atoms with Gasteiger partial charge in [-0.3, -0.25) is 0 Å². The van der Waals surface area contributed by atoms with E-state index in [1.807, 2.05) is 0 Å². The van der Waals surface area contributed by atoms with Gasteiger partial charge >= 0.3 is 0 Å². The minimum atomic E-state index is -0.674. The number of allylic oxidation sites excluding steroid dienone is 1. The largest absolute Gasteiger partial charge is 0.102 e. The molecule has 4 aromatic carbocycles. The predicted octanol–water partition coefficient (Wildman–Crippen LogP) is 5.93. The van der Waals surface area contributed by atoms with Gasteiger partial charge in [-0.25, -0.2) is 0 Å². The zero-order valence-electron chi connectivity index (χ0n) is 16.2. The maximum Gasteiger partial charge on any atom is 0.0624 e. The van der Waals surface area contributed by atoms with E-state index >= 15 is 0 Å². The second kappa shape index (κ2) is 9.80. The molecule has 0 aliphatic rings. The van der Waals surface area contributed by atoms with Crippen LogP contribution in [0.4, 0.5) is 0 Å². The highest BCUT2D eigenvalue weighted by Gasteiger charge is 2.32. The van der Waals surface area contributed by atoms with Crippen molar-refractivity contribution in [3.8, 4) is 0 Å². The highest BCUT2D eigenvalue weighted by atomic mass is 31.2. The van der Waals surface area contributed by atoms with E-state index in [1.165, 1.54) is 26.6 Å². The molecule has 0 aromatic heterocycles. The smallest absolute Gasteiger partial charge is 0.0624 e. The van der Waals surface area contributed by atoms with Crippen LogP contribution in [0.15, 0.2) is 134 Å². The summed E-state index contributed by atoms with van der Waals surface area (Å²) in [5.74, 6) is 0. The Morgan fingerprint density at radius 1 is 0.448 bits per heavy atom. The van der Waals surface area contributed by atoms with Crippen molar-refractivity contribution in [2.75, 3.05) is 0 Å². The van der Waals surface area contributed by atoms with Gasteiger partial charge in [0.15, 0.2) is 0 Å². The molecular weight excluding hydrogens is 386 g/mol. The molecule has 0 unspecified atom stereocenters. The van der Waals surface area contributed by atoms with E-state index in [4.69, 9.17) is 0 Å². The van der Waals surface area contributed by atoms with Crippen molar-refractivity contribution >= 4 is 37.1 Å². The van der Waals surface area contributed by atoms with Gasteiger partial charge in [0, 0.05) is 0 Å². The SMILES string of the molecule is C=C[C](P(c1ccccc1)c1ccccc1)P(c1ccccc1)c1ccccc1. The summed E-state index contributed by atoms with van der Waals surface area (Å²) in [6.45, 7) is 4.30. The Bertz CT molecular complexity index is 853. The summed E-state index contributed by atoms with van der Waals surface area (Å²) in [4.78, 5) is 0. The first-order valence-electron chi connectivity index (χ1n) is 9.68. The van der Waals surface area contributed by atoms with Gasteiger partial charge < -0.3 is 0 Å². The summed E-state index contributed by atoms with van der Waals surface area (Å²) in [5.41, 5.74) is 0. The molecule has 0 bridgehead atoms. The first kappa shape index (κ1) is 19.8. The van der Waals surface area contributed by atoms with E-state index in [9.17, 15) is 0 Å². The Morgan fingerprint density at radius 3 is 0.897 bits per heavy atom. The summed E-state index contributed by atoms with van der Waals surface area (Å²) < 4.78 is 0. The molecule has 0 nitrogen and oxygen atoms in total. The maximum atomic E-state index is 4.30. The van der Waals surface area contributed by atoms with E-state index in [-0.39, 0.29) is 0 Å². The first-order chi connectivity index (χ1) is 14.4. The van der Waals surface area contributed by atoms with E-state index in [2.05, 4.69) is 134 Å². The average Bonchev–Trinajstić information content (AvgIpc) is 2.81. The van der Waals surface area contributed by atoms with E-state index in [1.54, 1.807) is 0 Å². The molecule has 4 aromatic rings. The van der Waals surface area contributed by atoms with Crippen LogP contribution in [0.1, 0.15) is 0 Å². The topological polar surface area (TPSA) is 0 Å². The number of rotatable bonds is 7. The van der Waals surface area contributed by atoms with Gasteiger partial charge in [0.2, 0.25) is 0 Å². The molecule has 2 heteroatoms. The lowest BCUT2D eigenvalue weighted by Gasteiger charge is -2.33. The minimum absolute atomic E-state index is 0.674. The number of hydrogen-bond donors (Lipinski definition) is 0. The van der Waals surface area contributed by atoms with Crippen LogP contribution >= 0.6 is 15.8 Å².